The third kappa shape index (κ3) is 3.68. The Morgan fingerprint density at radius 2 is 1.81 bits per heavy atom. The van der Waals surface area contributed by atoms with Crippen molar-refractivity contribution in [3.8, 4) is 22.8 Å². The van der Waals surface area contributed by atoms with Crippen LogP contribution in [0.15, 0.2) is 48.8 Å². The minimum atomic E-state index is 0.507. The second kappa shape index (κ2) is 7.98. The van der Waals surface area contributed by atoms with Crippen LogP contribution in [0.4, 0.5) is 5.69 Å². The van der Waals surface area contributed by atoms with E-state index in [1.807, 2.05) is 16.8 Å². The lowest BCUT2D eigenvalue weighted by atomic mass is 10.0. The molecule has 0 bridgehead atoms. The zero-order valence-electron chi connectivity index (χ0n) is 17.5. The van der Waals surface area contributed by atoms with E-state index in [1.165, 1.54) is 18.5 Å². The Morgan fingerprint density at radius 1 is 0.968 bits per heavy atom. The number of rotatable bonds is 4. The van der Waals surface area contributed by atoms with Crippen LogP contribution in [0.3, 0.4) is 0 Å². The fourth-order valence-corrected chi connectivity index (χ4v) is 4.83. The fraction of sp³-hybridized carbons (Fsp3) is 0.417. The summed E-state index contributed by atoms with van der Waals surface area (Å²) in [5, 5.41) is 8.60. The molecule has 6 rings (SSSR count). The lowest BCUT2D eigenvalue weighted by molar-refractivity contribution is 0.186. The van der Waals surface area contributed by atoms with Gasteiger partial charge in [0.15, 0.2) is 0 Å². The van der Waals surface area contributed by atoms with Crippen LogP contribution in [0.5, 0.6) is 5.88 Å². The molecule has 3 aromatic rings. The van der Waals surface area contributed by atoms with E-state index in [1.54, 1.807) is 6.20 Å². The van der Waals surface area contributed by atoms with Crippen LogP contribution >= 0.6 is 0 Å². The molecular weight excluding hydrogens is 390 g/mol. The van der Waals surface area contributed by atoms with Crippen molar-refractivity contribution in [2.75, 3.05) is 31.2 Å². The average Bonchev–Trinajstić information content (AvgIpc) is 3.50. The first-order valence-electron chi connectivity index (χ1n) is 11.2. The first kappa shape index (κ1) is 18.8. The molecule has 0 radical (unpaired) electrons. The molecule has 2 fully saturated rings. The van der Waals surface area contributed by atoms with Crippen LogP contribution in [0.2, 0.25) is 0 Å². The van der Waals surface area contributed by atoms with Gasteiger partial charge in [0.1, 0.15) is 12.3 Å². The molecule has 7 heteroatoms. The standard InChI is InChI=1S/C24H27N5O2/c1-2-22-23-17(15-31-24(22)25-10-1)14-29(27-23)21-5-3-20(4-6-21)28-11-7-18(8-12-28)26-19-9-13-30-16-19/h1-6,10,14,18-19,26H,7-9,11-13,15-16H2. The van der Waals surface area contributed by atoms with E-state index in [-0.39, 0.29) is 0 Å². The van der Waals surface area contributed by atoms with Gasteiger partial charge in [0.2, 0.25) is 5.88 Å². The van der Waals surface area contributed by atoms with Crippen molar-refractivity contribution < 1.29 is 9.47 Å². The quantitative estimate of drug-likeness (QED) is 0.704. The SMILES string of the molecule is c1cnc2c(c1)-c1nn(-c3ccc(N4CCC(NC5CCOC5)CC4)cc3)cc1CO2. The minimum Gasteiger partial charge on any atom is -0.472 e. The summed E-state index contributed by atoms with van der Waals surface area (Å²) in [6.07, 6.45) is 7.31. The molecule has 1 aromatic carbocycles. The second-order valence-electron chi connectivity index (χ2n) is 8.60. The van der Waals surface area contributed by atoms with Crippen molar-refractivity contribution in [2.24, 2.45) is 0 Å². The zero-order valence-corrected chi connectivity index (χ0v) is 17.5. The van der Waals surface area contributed by atoms with Crippen LogP contribution < -0.4 is 15.0 Å². The van der Waals surface area contributed by atoms with Crippen molar-refractivity contribution >= 4 is 5.69 Å². The number of hydrogen-bond acceptors (Lipinski definition) is 6. The molecule has 0 amide bonds. The van der Waals surface area contributed by atoms with Gasteiger partial charge in [0.25, 0.3) is 0 Å². The number of fused-ring (bicyclic) bond motifs is 3. The van der Waals surface area contributed by atoms with Crippen molar-refractivity contribution in [3.63, 3.8) is 0 Å². The van der Waals surface area contributed by atoms with Gasteiger partial charge >= 0.3 is 0 Å². The van der Waals surface area contributed by atoms with Gasteiger partial charge in [0, 0.05) is 55.4 Å². The highest BCUT2D eigenvalue weighted by Gasteiger charge is 2.25. The number of ether oxygens (including phenoxy) is 2. The Labute approximate surface area is 182 Å². The third-order valence-corrected chi connectivity index (χ3v) is 6.56. The number of benzene rings is 1. The first-order chi connectivity index (χ1) is 15.3. The molecule has 0 spiro atoms. The molecule has 31 heavy (non-hydrogen) atoms. The van der Waals surface area contributed by atoms with Crippen molar-refractivity contribution in [3.05, 3.63) is 54.4 Å². The van der Waals surface area contributed by atoms with E-state index in [0.717, 1.165) is 55.2 Å². The first-order valence-corrected chi connectivity index (χ1v) is 11.2. The Balaban J connectivity index is 1.13. The largest absolute Gasteiger partial charge is 0.472 e. The highest BCUT2D eigenvalue weighted by atomic mass is 16.5. The van der Waals surface area contributed by atoms with E-state index in [9.17, 15) is 0 Å². The molecular formula is C24H27N5O2. The molecule has 1 N–H and O–H groups in total. The predicted octanol–water partition coefficient (Wildman–Crippen LogP) is 3.17. The molecule has 1 unspecified atom stereocenters. The lowest BCUT2D eigenvalue weighted by Crippen LogP contribution is -2.46. The van der Waals surface area contributed by atoms with Gasteiger partial charge < -0.3 is 19.7 Å². The van der Waals surface area contributed by atoms with E-state index in [0.29, 0.717) is 24.6 Å². The molecule has 0 aliphatic carbocycles. The number of piperidine rings is 1. The Kier molecular flexibility index (Phi) is 4.85. The number of hydrogen-bond donors (Lipinski definition) is 1. The van der Waals surface area contributed by atoms with E-state index in [4.69, 9.17) is 14.6 Å². The zero-order chi connectivity index (χ0) is 20.6. The molecule has 3 aliphatic rings. The minimum absolute atomic E-state index is 0.507. The number of anilines is 1. The van der Waals surface area contributed by atoms with Crippen molar-refractivity contribution in [1.29, 1.82) is 0 Å². The van der Waals surface area contributed by atoms with Crippen molar-refractivity contribution in [2.45, 2.75) is 38.0 Å². The monoisotopic (exact) mass is 417 g/mol. The number of aromatic nitrogens is 3. The van der Waals surface area contributed by atoms with Gasteiger partial charge in [-0.15, -0.1) is 0 Å². The van der Waals surface area contributed by atoms with Crippen LogP contribution in [0.1, 0.15) is 24.8 Å². The predicted molar refractivity (Wildman–Crippen MR) is 119 cm³/mol. The van der Waals surface area contributed by atoms with Gasteiger partial charge in [0.05, 0.1) is 17.9 Å². The summed E-state index contributed by atoms with van der Waals surface area (Å²) in [5.74, 6) is 0.661. The van der Waals surface area contributed by atoms with Gasteiger partial charge in [-0.1, -0.05) is 0 Å². The Bertz CT molecular complexity index is 1050. The van der Waals surface area contributed by atoms with E-state index in [2.05, 4.69) is 45.7 Å². The Morgan fingerprint density at radius 3 is 2.61 bits per heavy atom. The molecule has 0 saturated carbocycles. The normalized spacial score (nSPS) is 20.9. The topological polar surface area (TPSA) is 64.4 Å². The summed E-state index contributed by atoms with van der Waals surface area (Å²) < 4.78 is 13.2. The summed E-state index contributed by atoms with van der Waals surface area (Å²) in [5.41, 5.74) is 5.34. The van der Waals surface area contributed by atoms with E-state index < -0.39 is 0 Å². The highest BCUT2D eigenvalue weighted by molar-refractivity contribution is 5.69. The number of nitrogens with one attached hydrogen (secondary N) is 1. The summed E-state index contributed by atoms with van der Waals surface area (Å²) in [7, 11) is 0. The third-order valence-electron chi connectivity index (χ3n) is 6.56. The lowest BCUT2D eigenvalue weighted by Gasteiger charge is -2.35. The second-order valence-corrected chi connectivity index (χ2v) is 8.60. The van der Waals surface area contributed by atoms with E-state index >= 15 is 0 Å². The highest BCUT2D eigenvalue weighted by Crippen LogP contribution is 2.35. The molecule has 7 nitrogen and oxygen atoms in total. The number of nitrogens with zero attached hydrogens (tertiary/aromatic N) is 4. The average molecular weight is 418 g/mol. The smallest absolute Gasteiger partial charge is 0.223 e. The van der Waals surface area contributed by atoms with Crippen LogP contribution in [0.25, 0.3) is 16.9 Å². The molecule has 2 aromatic heterocycles. The summed E-state index contributed by atoms with van der Waals surface area (Å²) in [6.45, 7) is 4.45. The molecule has 3 aliphatic heterocycles. The molecule has 160 valence electrons. The maximum atomic E-state index is 5.76. The van der Waals surface area contributed by atoms with Crippen LogP contribution in [0, 0.1) is 0 Å². The molecule has 2 saturated heterocycles. The van der Waals surface area contributed by atoms with Gasteiger partial charge in [-0.3, -0.25) is 0 Å². The molecule has 1 atom stereocenters. The van der Waals surface area contributed by atoms with Crippen LogP contribution in [-0.4, -0.2) is 53.2 Å². The Hall–Kier alpha value is -2.90. The number of pyridine rings is 1. The van der Waals surface area contributed by atoms with Gasteiger partial charge in [-0.25, -0.2) is 9.67 Å². The summed E-state index contributed by atoms with van der Waals surface area (Å²) in [6, 6.07) is 13.8. The maximum absolute atomic E-state index is 5.76. The van der Waals surface area contributed by atoms with Gasteiger partial charge in [-0.05, 0) is 55.7 Å². The fourth-order valence-electron chi connectivity index (χ4n) is 4.83. The summed E-state index contributed by atoms with van der Waals surface area (Å²) in [4.78, 5) is 6.79. The van der Waals surface area contributed by atoms with Crippen molar-refractivity contribution in [1.82, 2.24) is 20.1 Å². The summed E-state index contributed by atoms with van der Waals surface area (Å²) >= 11 is 0. The molecule has 5 heterocycles. The van der Waals surface area contributed by atoms with Crippen LogP contribution in [-0.2, 0) is 11.3 Å². The van der Waals surface area contributed by atoms with Gasteiger partial charge in [-0.2, -0.15) is 5.10 Å². The maximum Gasteiger partial charge on any atom is 0.223 e.